The van der Waals surface area contributed by atoms with Gasteiger partial charge >= 0.3 is 5.91 Å². The number of halogens is 1. The molecule has 1 aromatic heterocycles. The molecule has 2 heterocycles. The quantitative estimate of drug-likeness (QED) is 0.204. The van der Waals surface area contributed by atoms with E-state index >= 15 is 0 Å². The number of carbonyl (C=O) groups excluding carboxylic acids is 2. The largest absolute Gasteiger partial charge is 0.508 e. The van der Waals surface area contributed by atoms with Crippen LogP contribution < -0.4 is 4.90 Å². The highest BCUT2D eigenvalue weighted by molar-refractivity contribution is 7.93. The van der Waals surface area contributed by atoms with Crippen LogP contribution in [0.1, 0.15) is 17.2 Å². The van der Waals surface area contributed by atoms with Crippen molar-refractivity contribution in [1.82, 2.24) is 4.98 Å². The number of hydrogen-bond donors (Lipinski definition) is 2. The van der Waals surface area contributed by atoms with E-state index < -0.39 is 33.3 Å². The zero-order valence-corrected chi connectivity index (χ0v) is 21.2. The lowest BCUT2D eigenvalue weighted by Gasteiger charge is -2.23. The first kappa shape index (κ1) is 24.7. The number of aliphatic hydroxyl groups is 1. The maximum atomic E-state index is 13.3. The Bertz CT molecular complexity index is 1660. The number of aromatic hydroxyl groups is 1. The van der Waals surface area contributed by atoms with Gasteiger partial charge in [0.2, 0.25) is 9.84 Å². The Balaban J connectivity index is 1.67. The van der Waals surface area contributed by atoms with Crippen molar-refractivity contribution in [3.63, 3.8) is 0 Å². The lowest BCUT2D eigenvalue weighted by molar-refractivity contribution is -0.132. The first-order chi connectivity index (χ1) is 17.7. The van der Waals surface area contributed by atoms with Crippen molar-refractivity contribution in [2.24, 2.45) is 0 Å². The molecule has 4 aromatic rings. The van der Waals surface area contributed by atoms with Gasteiger partial charge in [-0.3, -0.25) is 14.5 Å². The second-order valence-electron chi connectivity index (χ2n) is 8.05. The van der Waals surface area contributed by atoms with Crippen LogP contribution in [0.3, 0.4) is 0 Å². The van der Waals surface area contributed by atoms with Crippen molar-refractivity contribution in [2.75, 3.05) is 4.90 Å². The van der Waals surface area contributed by atoms with Crippen LogP contribution in [0.4, 0.5) is 5.13 Å². The molecule has 5 rings (SSSR count). The van der Waals surface area contributed by atoms with E-state index in [9.17, 15) is 28.2 Å². The van der Waals surface area contributed by atoms with Gasteiger partial charge in [-0.15, -0.1) is 0 Å². The number of ketones is 1. The molecular formula is C26H17ClN2O6S2. The van der Waals surface area contributed by atoms with Crippen LogP contribution in [0, 0.1) is 0 Å². The van der Waals surface area contributed by atoms with E-state index in [1.165, 1.54) is 36.4 Å². The zero-order chi connectivity index (χ0) is 26.3. The first-order valence-electron chi connectivity index (χ1n) is 10.8. The second kappa shape index (κ2) is 9.47. The minimum atomic E-state index is -3.92. The number of anilines is 1. The molecule has 3 aromatic carbocycles. The summed E-state index contributed by atoms with van der Waals surface area (Å²) in [7, 11) is -3.92. The van der Waals surface area contributed by atoms with Crippen LogP contribution in [-0.2, 0) is 19.4 Å². The van der Waals surface area contributed by atoms with Gasteiger partial charge in [0, 0.05) is 10.6 Å². The molecule has 0 spiro atoms. The molecule has 1 saturated heterocycles. The monoisotopic (exact) mass is 552 g/mol. The molecular weight excluding hydrogens is 536 g/mol. The number of amides is 1. The van der Waals surface area contributed by atoms with Crippen molar-refractivity contribution in [3.05, 3.63) is 107 Å². The Morgan fingerprint density at radius 3 is 2.35 bits per heavy atom. The number of phenols is 1. The lowest BCUT2D eigenvalue weighted by atomic mass is 9.95. The number of Topliss-reactive ketones (excluding diaryl/α,β-unsaturated/α-hetero) is 1. The molecule has 0 bridgehead atoms. The molecule has 1 fully saturated rings. The third kappa shape index (κ3) is 4.39. The normalized spacial score (nSPS) is 17.3. The third-order valence-corrected chi connectivity index (χ3v) is 9.21. The first-order valence-corrected chi connectivity index (χ1v) is 13.5. The molecule has 1 atom stereocenters. The van der Waals surface area contributed by atoms with Gasteiger partial charge in [-0.2, -0.15) is 0 Å². The van der Waals surface area contributed by atoms with E-state index in [1.807, 2.05) is 0 Å². The lowest BCUT2D eigenvalue weighted by Crippen LogP contribution is -2.29. The Labute approximate surface area is 220 Å². The number of carbonyl (C=O) groups is 2. The van der Waals surface area contributed by atoms with Crippen molar-refractivity contribution in [1.29, 1.82) is 0 Å². The number of aromatic nitrogens is 1. The molecule has 2 N–H and O–H groups in total. The van der Waals surface area contributed by atoms with Crippen molar-refractivity contribution >= 4 is 55.4 Å². The highest BCUT2D eigenvalue weighted by Gasteiger charge is 2.48. The molecule has 1 aliphatic heterocycles. The van der Waals surface area contributed by atoms with Gasteiger partial charge in [0.1, 0.15) is 15.7 Å². The fraction of sp³-hybridized carbons (Fsp3) is 0.0385. The van der Waals surface area contributed by atoms with Gasteiger partial charge < -0.3 is 10.2 Å². The number of aliphatic hydroxyl groups excluding tert-OH is 1. The zero-order valence-electron chi connectivity index (χ0n) is 18.8. The summed E-state index contributed by atoms with van der Waals surface area (Å²) in [5.74, 6) is -2.46. The molecule has 8 nitrogen and oxygen atoms in total. The van der Waals surface area contributed by atoms with Gasteiger partial charge in [0.25, 0.3) is 5.78 Å². The van der Waals surface area contributed by atoms with Gasteiger partial charge in [-0.1, -0.05) is 53.3 Å². The summed E-state index contributed by atoms with van der Waals surface area (Å²) in [5.41, 5.74) is 0.393. The molecule has 11 heteroatoms. The van der Waals surface area contributed by atoms with E-state index in [4.69, 9.17) is 11.6 Å². The van der Waals surface area contributed by atoms with E-state index in [2.05, 4.69) is 4.98 Å². The van der Waals surface area contributed by atoms with Crippen molar-refractivity contribution < 1.29 is 28.2 Å². The van der Waals surface area contributed by atoms with Crippen molar-refractivity contribution in [3.8, 4) is 5.75 Å². The molecule has 1 amide bonds. The summed E-state index contributed by atoms with van der Waals surface area (Å²) in [6, 6.07) is 18.5. The fourth-order valence-electron chi connectivity index (χ4n) is 4.00. The highest BCUT2D eigenvalue weighted by atomic mass is 35.5. The van der Waals surface area contributed by atoms with Crippen LogP contribution in [0.15, 0.2) is 99.7 Å². The van der Waals surface area contributed by atoms with Crippen LogP contribution in [0.2, 0.25) is 5.02 Å². The molecule has 0 aliphatic carbocycles. The molecule has 186 valence electrons. The minimum Gasteiger partial charge on any atom is -0.508 e. The number of sulfone groups is 1. The third-order valence-electron chi connectivity index (χ3n) is 5.75. The van der Waals surface area contributed by atoms with E-state index in [0.717, 1.165) is 22.4 Å². The maximum absolute atomic E-state index is 13.3. The Morgan fingerprint density at radius 2 is 1.68 bits per heavy atom. The topological polar surface area (TPSA) is 125 Å². The summed E-state index contributed by atoms with van der Waals surface area (Å²) in [6.45, 7) is 0. The predicted molar refractivity (Wildman–Crippen MR) is 138 cm³/mol. The number of thiazole rings is 1. The Morgan fingerprint density at radius 1 is 0.973 bits per heavy atom. The van der Waals surface area contributed by atoms with E-state index in [0.29, 0.717) is 10.6 Å². The summed E-state index contributed by atoms with van der Waals surface area (Å²) in [6.07, 6.45) is 1.14. The SMILES string of the molecule is O=C1C(=O)N(c2ncc(S(=O)(=O)c3ccccc3)s2)C(c2cccc(Cl)c2)/C1=C(/O)c1ccc(O)cc1. The second-order valence-corrected chi connectivity index (χ2v) is 11.7. The fourth-order valence-corrected chi connectivity index (χ4v) is 6.77. The van der Waals surface area contributed by atoms with E-state index in [-0.39, 0.29) is 31.1 Å². The van der Waals surface area contributed by atoms with Gasteiger partial charge in [0.15, 0.2) is 5.13 Å². The number of rotatable bonds is 5. The number of hydrogen-bond acceptors (Lipinski definition) is 8. The molecule has 0 saturated carbocycles. The smallest absolute Gasteiger partial charge is 0.301 e. The van der Waals surface area contributed by atoms with E-state index in [1.54, 1.807) is 42.5 Å². The molecule has 1 unspecified atom stereocenters. The summed E-state index contributed by atoms with van der Waals surface area (Å²) in [5, 5.41) is 21.0. The maximum Gasteiger partial charge on any atom is 0.301 e. The molecule has 37 heavy (non-hydrogen) atoms. The number of phenolic OH excluding ortho intramolecular Hbond substituents is 1. The van der Waals surface area contributed by atoms with Crippen LogP contribution in [0.5, 0.6) is 5.75 Å². The summed E-state index contributed by atoms with van der Waals surface area (Å²) >= 11 is 6.93. The summed E-state index contributed by atoms with van der Waals surface area (Å²) in [4.78, 5) is 31.8. The molecule has 1 aliphatic rings. The average molecular weight is 553 g/mol. The predicted octanol–water partition coefficient (Wildman–Crippen LogP) is 4.96. The average Bonchev–Trinajstić information content (AvgIpc) is 3.48. The molecule has 0 radical (unpaired) electrons. The minimum absolute atomic E-state index is 0.0358. The van der Waals surface area contributed by atoms with Gasteiger partial charge in [-0.05, 0) is 54.1 Å². The van der Waals surface area contributed by atoms with Gasteiger partial charge in [-0.25, -0.2) is 13.4 Å². The summed E-state index contributed by atoms with van der Waals surface area (Å²) < 4.78 is 26.1. The number of nitrogens with zero attached hydrogens (tertiary/aromatic N) is 2. The highest BCUT2D eigenvalue weighted by Crippen LogP contribution is 2.44. The van der Waals surface area contributed by atoms with Crippen LogP contribution >= 0.6 is 22.9 Å². The van der Waals surface area contributed by atoms with Gasteiger partial charge in [0.05, 0.1) is 22.7 Å². The Kier molecular flexibility index (Phi) is 6.32. The standard InChI is InChI=1S/C26H17ClN2O6S2/c27-17-6-4-5-16(13-17)22-21(23(31)15-9-11-18(30)12-10-15)24(32)25(33)29(22)26-28-14-20(36-26)37(34,35)19-7-2-1-3-8-19/h1-14,22,30-31H/b23-21-. The number of benzene rings is 3. The van der Waals surface area contributed by atoms with Crippen LogP contribution in [0.25, 0.3) is 5.76 Å². The van der Waals surface area contributed by atoms with Crippen LogP contribution in [-0.4, -0.2) is 35.3 Å². The van der Waals surface area contributed by atoms with Crippen molar-refractivity contribution in [2.45, 2.75) is 15.1 Å². The Hall–Kier alpha value is -3.99.